The van der Waals surface area contributed by atoms with Gasteiger partial charge in [-0.15, -0.1) is 12.6 Å². The molecule has 0 fully saturated rings. The molecule has 54 valence electrons. The highest BCUT2D eigenvalue weighted by atomic mass is 127. The molecular formula is C6H3Cl2IS. The van der Waals surface area contributed by atoms with Crippen molar-refractivity contribution >= 4 is 58.4 Å². The van der Waals surface area contributed by atoms with Gasteiger partial charge in [0.15, 0.2) is 0 Å². The van der Waals surface area contributed by atoms with E-state index in [1.54, 1.807) is 6.07 Å². The molecule has 1 aromatic carbocycles. The van der Waals surface area contributed by atoms with Crippen molar-refractivity contribution in [3.8, 4) is 0 Å². The highest BCUT2D eigenvalue weighted by Crippen LogP contribution is 2.28. The summed E-state index contributed by atoms with van der Waals surface area (Å²) in [5.74, 6) is 0. The first kappa shape index (κ1) is 8.97. The fourth-order valence-corrected chi connectivity index (χ4v) is 2.13. The molecule has 1 aromatic rings. The number of halogens is 3. The minimum atomic E-state index is 0.597. The molecule has 0 spiro atoms. The molecule has 0 bridgehead atoms. The Morgan fingerprint density at radius 2 is 1.90 bits per heavy atom. The molecule has 4 heteroatoms. The van der Waals surface area contributed by atoms with Gasteiger partial charge in [-0.1, -0.05) is 23.2 Å². The lowest BCUT2D eigenvalue weighted by atomic mass is 10.4. The van der Waals surface area contributed by atoms with Crippen molar-refractivity contribution in [3.63, 3.8) is 0 Å². The molecule has 0 aliphatic rings. The van der Waals surface area contributed by atoms with Crippen molar-refractivity contribution in [2.45, 2.75) is 4.90 Å². The molecule has 0 nitrogen and oxygen atoms in total. The van der Waals surface area contributed by atoms with E-state index in [0.717, 1.165) is 8.47 Å². The topological polar surface area (TPSA) is 0 Å². The standard InChI is InChI=1S/C6H3Cl2IS/c7-3-1-4(8)6(10)5(9)2-3/h1-2,10H. The van der Waals surface area contributed by atoms with Gasteiger partial charge in [-0.25, -0.2) is 0 Å². The quantitative estimate of drug-likeness (QED) is 0.546. The van der Waals surface area contributed by atoms with Crippen molar-refractivity contribution in [1.29, 1.82) is 0 Å². The Labute approximate surface area is 88.5 Å². The van der Waals surface area contributed by atoms with E-state index in [2.05, 4.69) is 35.2 Å². The SMILES string of the molecule is Sc1c(Cl)cc(Cl)cc1I. The summed E-state index contributed by atoms with van der Waals surface area (Å²) in [6, 6.07) is 3.49. The zero-order chi connectivity index (χ0) is 7.72. The summed E-state index contributed by atoms with van der Waals surface area (Å²) in [6.45, 7) is 0. The molecule has 0 radical (unpaired) electrons. The second-order valence-corrected chi connectivity index (χ2v) is 4.17. The molecule has 0 aromatic heterocycles. The van der Waals surface area contributed by atoms with Crippen LogP contribution < -0.4 is 0 Å². The minimum Gasteiger partial charge on any atom is -0.141 e. The Morgan fingerprint density at radius 3 is 2.40 bits per heavy atom. The van der Waals surface area contributed by atoms with Crippen LogP contribution in [-0.2, 0) is 0 Å². The lowest BCUT2D eigenvalue weighted by molar-refractivity contribution is 1.41. The Hall–Kier alpha value is 0.880. The van der Waals surface area contributed by atoms with E-state index in [9.17, 15) is 0 Å². The minimum absolute atomic E-state index is 0.597. The largest absolute Gasteiger partial charge is 0.141 e. The first-order valence-corrected chi connectivity index (χ1v) is 4.73. The molecule has 0 saturated carbocycles. The summed E-state index contributed by atoms with van der Waals surface area (Å²) in [5.41, 5.74) is 0. The van der Waals surface area contributed by atoms with Gasteiger partial charge in [0.1, 0.15) is 0 Å². The van der Waals surface area contributed by atoms with Crippen molar-refractivity contribution in [3.05, 3.63) is 25.7 Å². The Balaban J connectivity index is 3.31. The van der Waals surface area contributed by atoms with Crippen LogP contribution in [-0.4, -0.2) is 0 Å². The smallest absolute Gasteiger partial charge is 0.0564 e. The maximum atomic E-state index is 5.75. The van der Waals surface area contributed by atoms with Gasteiger partial charge in [0.25, 0.3) is 0 Å². The van der Waals surface area contributed by atoms with Crippen LogP contribution in [0.15, 0.2) is 17.0 Å². The summed E-state index contributed by atoms with van der Waals surface area (Å²) >= 11 is 17.7. The zero-order valence-electron chi connectivity index (χ0n) is 4.74. The van der Waals surface area contributed by atoms with Crippen LogP contribution in [0.3, 0.4) is 0 Å². The summed E-state index contributed by atoms with van der Waals surface area (Å²) < 4.78 is 0.971. The third-order valence-corrected chi connectivity index (χ3v) is 3.39. The van der Waals surface area contributed by atoms with E-state index in [-0.39, 0.29) is 0 Å². The van der Waals surface area contributed by atoms with Gasteiger partial charge in [0.05, 0.1) is 5.02 Å². The predicted molar refractivity (Wildman–Crippen MR) is 56.4 cm³/mol. The van der Waals surface area contributed by atoms with E-state index >= 15 is 0 Å². The first-order chi connectivity index (χ1) is 4.61. The Bertz CT molecular complexity index is 239. The van der Waals surface area contributed by atoms with Crippen molar-refractivity contribution < 1.29 is 0 Å². The third-order valence-electron chi connectivity index (χ3n) is 0.982. The maximum absolute atomic E-state index is 5.75. The van der Waals surface area contributed by atoms with E-state index < -0.39 is 0 Å². The average molecular weight is 305 g/mol. The van der Waals surface area contributed by atoms with Crippen LogP contribution in [0.2, 0.25) is 10.0 Å². The number of thiol groups is 1. The second kappa shape index (κ2) is 3.52. The van der Waals surface area contributed by atoms with Gasteiger partial charge in [0.2, 0.25) is 0 Å². The van der Waals surface area contributed by atoms with E-state index in [4.69, 9.17) is 23.2 Å². The molecule has 10 heavy (non-hydrogen) atoms. The monoisotopic (exact) mass is 304 g/mol. The molecule has 0 amide bonds. The number of rotatable bonds is 0. The molecule has 0 aliphatic heterocycles. The fourth-order valence-electron chi connectivity index (χ4n) is 0.535. The summed E-state index contributed by atoms with van der Waals surface area (Å²) in [4.78, 5) is 0.784. The number of hydrogen-bond donors (Lipinski definition) is 1. The first-order valence-electron chi connectivity index (χ1n) is 2.45. The summed E-state index contributed by atoms with van der Waals surface area (Å²) in [7, 11) is 0. The second-order valence-electron chi connectivity index (χ2n) is 1.72. The van der Waals surface area contributed by atoms with E-state index in [1.165, 1.54) is 0 Å². The Morgan fingerprint density at radius 1 is 1.30 bits per heavy atom. The highest BCUT2D eigenvalue weighted by Gasteiger charge is 2.01. The van der Waals surface area contributed by atoms with Crippen molar-refractivity contribution in [2.75, 3.05) is 0 Å². The molecule has 0 unspecified atom stereocenters. The molecule has 0 N–H and O–H groups in total. The summed E-state index contributed by atoms with van der Waals surface area (Å²) in [6.07, 6.45) is 0. The van der Waals surface area contributed by atoms with Gasteiger partial charge in [0, 0.05) is 13.5 Å². The number of hydrogen-bond acceptors (Lipinski definition) is 1. The van der Waals surface area contributed by atoms with Crippen LogP contribution in [0.4, 0.5) is 0 Å². The lowest BCUT2D eigenvalue weighted by Gasteiger charge is -1.99. The molecule has 0 heterocycles. The molecule has 0 saturated heterocycles. The zero-order valence-corrected chi connectivity index (χ0v) is 9.30. The fraction of sp³-hybridized carbons (Fsp3) is 0. The highest BCUT2D eigenvalue weighted by molar-refractivity contribution is 14.1. The van der Waals surface area contributed by atoms with Gasteiger partial charge < -0.3 is 0 Å². The average Bonchev–Trinajstić information content (AvgIpc) is 1.82. The molecule has 1 rings (SSSR count). The van der Waals surface area contributed by atoms with Crippen LogP contribution in [0.25, 0.3) is 0 Å². The van der Waals surface area contributed by atoms with Crippen molar-refractivity contribution in [1.82, 2.24) is 0 Å². The van der Waals surface area contributed by atoms with Crippen LogP contribution in [0, 0.1) is 3.57 Å². The third kappa shape index (κ3) is 1.94. The lowest BCUT2D eigenvalue weighted by Crippen LogP contribution is -1.76. The van der Waals surface area contributed by atoms with Crippen molar-refractivity contribution in [2.24, 2.45) is 0 Å². The van der Waals surface area contributed by atoms with Gasteiger partial charge in [-0.2, -0.15) is 0 Å². The molecule has 0 aliphatic carbocycles. The maximum Gasteiger partial charge on any atom is 0.0564 e. The van der Waals surface area contributed by atoms with E-state index in [1.807, 2.05) is 6.07 Å². The van der Waals surface area contributed by atoms with Gasteiger partial charge in [-0.3, -0.25) is 0 Å². The normalized spacial score (nSPS) is 10.0. The van der Waals surface area contributed by atoms with E-state index in [0.29, 0.717) is 10.0 Å². The summed E-state index contributed by atoms with van der Waals surface area (Å²) in [5, 5.41) is 1.24. The number of benzene rings is 1. The molecular weight excluding hydrogens is 302 g/mol. The van der Waals surface area contributed by atoms with Crippen LogP contribution >= 0.6 is 58.4 Å². The molecule has 0 atom stereocenters. The van der Waals surface area contributed by atoms with Gasteiger partial charge in [-0.05, 0) is 34.7 Å². The Kier molecular flexibility index (Phi) is 3.16. The predicted octanol–water partition coefficient (Wildman–Crippen LogP) is 3.89. The van der Waals surface area contributed by atoms with Gasteiger partial charge >= 0.3 is 0 Å². The van der Waals surface area contributed by atoms with Crippen LogP contribution in [0.5, 0.6) is 0 Å². The van der Waals surface area contributed by atoms with Crippen LogP contribution in [0.1, 0.15) is 0 Å².